The second kappa shape index (κ2) is 8.20. The molecule has 0 aliphatic heterocycles. The van der Waals surface area contributed by atoms with Gasteiger partial charge in [0.15, 0.2) is 0 Å². The van der Waals surface area contributed by atoms with Crippen LogP contribution >= 0.6 is 0 Å². The third-order valence-electron chi connectivity index (χ3n) is 6.36. The van der Waals surface area contributed by atoms with Crippen LogP contribution in [0.4, 0.5) is 0 Å². The van der Waals surface area contributed by atoms with Gasteiger partial charge >= 0.3 is 0 Å². The van der Waals surface area contributed by atoms with Gasteiger partial charge in [-0.3, -0.25) is 4.79 Å². The minimum absolute atomic E-state index is 0.485. The summed E-state index contributed by atoms with van der Waals surface area (Å²) in [5.41, 5.74) is 2.97. The van der Waals surface area contributed by atoms with Crippen molar-refractivity contribution < 1.29 is 4.79 Å². The lowest BCUT2D eigenvalue weighted by Gasteiger charge is -2.03. The van der Waals surface area contributed by atoms with Gasteiger partial charge in [-0.15, -0.1) is 0 Å². The van der Waals surface area contributed by atoms with Crippen molar-refractivity contribution in [3.8, 4) is 0 Å². The van der Waals surface area contributed by atoms with Crippen molar-refractivity contribution in [3.63, 3.8) is 0 Å². The molecule has 0 aromatic heterocycles. The number of benzene rings is 2. The summed E-state index contributed by atoms with van der Waals surface area (Å²) in [6, 6.07) is 21.7. The summed E-state index contributed by atoms with van der Waals surface area (Å²) < 4.78 is 0. The third-order valence-corrected chi connectivity index (χ3v) is 6.36. The molecule has 2 aliphatic carbocycles. The molecule has 2 aromatic rings. The predicted molar refractivity (Wildman–Crippen MR) is 107 cm³/mol. The smallest absolute Gasteiger partial charge is 0.132 e. The molecule has 1 heteroatoms. The van der Waals surface area contributed by atoms with E-state index in [0.29, 0.717) is 5.78 Å². The zero-order valence-electron chi connectivity index (χ0n) is 15.6. The summed E-state index contributed by atoms with van der Waals surface area (Å²) in [5.74, 6) is 3.65. The Morgan fingerprint density at radius 1 is 0.692 bits per heavy atom. The number of hydrogen-bond donors (Lipinski definition) is 0. The molecule has 0 saturated heterocycles. The molecule has 0 radical (unpaired) electrons. The molecular weight excluding hydrogens is 316 g/mol. The van der Waals surface area contributed by atoms with Crippen LogP contribution in [0.5, 0.6) is 0 Å². The average molecular weight is 347 g/mol. The molecular formula is C25H30O. The molecule has 2 aliphatic rings. The quantitative estimate of drug-likeness (QED) is 0.479. The molecule has 4 unspecified atom stereocenters. The molecule has 0 spiro atoms. The van der Waals surface area contributed by atoms with Gasteiger partial charge in [0.1, 0.15) is 5.78 Å². The maximum absolute atomic E-state index is 12.1. The van der Waals surface area contributed by atoms with Crippen molar-refractivity contribution in [2.24, 2.45) is 11.8 Å². The monoisotopic (exact) mass is 346 g/mol. The molecule has 0 heterocycles. The van der Waals surface area contributed by atoms with Gasteiger partial charge in [0.2, 0.25) is 0 Å². The molecule has 0 amide bonds. The van der Waals surface area contributed by atoms with Gasteiger partial charge < -0.3 is 0 Å². The van der Waals surface area contributed by atoms with Crippen LogP contribution in [0.3, 0.4) is 0 Å². The summed E-state index contributed by atoms with van der Waals surface area (Å²) in [6.07, 6.45) is 8.86. The van der Waals surface area contributed by atoms with Crippen molar-refractivity contribution >= 4 is 5.78 Å². The first kappa shape index (κ1) is 17.5. The maximum atomic E-state index is 12.1. The minimum Gasteiger partial charge on any atom is -0.300 e. The van der Waals surface area contributed by atoms with Gasteiger partial charge in [-0.2, -0.15) is 0 Å². The molecule has 0 bridgehead atoms. The van der Waals surface area contributed by atoms with Crippen LogP contribution in [-0.4, -0.2) is 5.78 Å². The fourth-order valence-electron chi connectivity index (χ4n) is 4.60. The van der Waals surface area contributed by atoms with Gasteiger partial charge in [-0.1, -0.05) is 60.7 Å². The Morgan fingerprint density at radius 3 is 1.54 bits per heavy atom. The molecule has 2 saturated carbocycles. The first-order valence-electron chi connectivity index (χ1n) is 10.4. The van der Waals surface area contributed by atoms with E-state index < -0.39 is 0 Å². The average Bonchev–Trinajstić information content (AvgIpc) is 3.59. The van der Waals surface area contributed by atoms with Crippen LogP contribution in [0.25, 0.3) is 0 Å². The minimum atomic E-state index is 0.485. The fraction of sp³-hybridized carbons (Fsp3) is 0.480. The van der Waals surface area contributed by atoms with E-state index >= 15 is 0 Å². The van der Waals surface area contributed by atoms with E-state index in [-0.39, 0.29) is 0 Å². The summed E-state index contributed by atoms with van der Waals surface area (Å²) in [5, 5.41) is 0. The van der Waals surface area contributed by atoms with Crippen molar-refractivity contribution in [1.82, 2.24) is 0 Å². The Balaban J connectivity index is 1.06. The Bertz CT molecular complexity index is 644. The van der Waals surface area contributed by atoms with Gasteiger partial charge in [0, 0.05) is 12.8 Å². The van der Waals surface area contributed by atoms with Crippen LogP contribution in [0.2, 0.25) is 0 Å². The number of carbonyl (C=O) groups is 1. The Morgan fingerprint density at radius 2 is 1.12 bits per heavy atom. The maximum Gasteiger partial charge on any atom is 0.132 e. The highest BCUT2D eigenvalue weighted by Gasteiger charge is 2.38. The molecule has 26 heavy (non-hydrogen) atoms. The first-order valence-corrected chi connectivity index (χ1v) is 10.4. The second-order valence-electron chi connectivity index (χ2n) is 8.35. The van der Waals surface area contributed by atoms with E-state index in [1.807, 2.05) is 0 Å². The molecule has 1 nitrogen and oxygen atoms in total. The lowest BCUT2D eigenvalue weighted by atomic mass is 10.0. The second-order valence-corrected chi connectivity index (χ2v) is 8.35. The van der Waals surface area contributed by atoms with Crippen molar-refractivity contribution in [1.29, 1.82) is 0 Å². The van der Waals surface area contributed by atoms with Crippen molar-refractivity contribution in [2.75, 3.05) is 0 Å². The molecule has 4 atom stereocenters. The van der Waals surface area contributed by atoms with Gasteiger partial charge in [0.05, 0.1) is 0 Å². The van der Waals surface area contributed by atoms with E-state index in [4.69, 9.17) is 0 Å². The topological polar surface area (TPSA) is 17.1 Å². The normalized spacial score (nSPS) is 26.5. The molecule has 2 fully saturated rings. The zero-order valence-corrected chi connectivity index (χ0v) is 15.6. The molecule has 136 valence electrons. The highest BCUT2D eigenvalue weighted by atomic mass is 16.1. The van der Waals surface area contributed by atoms with Gasteiger partial charge in [-0.25, -0.2) is 0 Å². The number of Topliss-reactive ketones (excluding diaryl/α,β-unsaturated/α-hetero) is 1. The standard InChI is InChI=1S/C25H30O/c26-23(15-7-13-21-17-24(21)19-9-3-1-4-10-19)16-8-14-22-18-25(22)20-11-5-2-6-12-20/h1-6,9-12,21-22,24-25H,7-8,13-18H2. The zero-order chi connectivity index (χ0) is 17.8. The van der Waals surface area contributed by atoms with Crippen molar-refractivity contribution in [3.05, 3.63) is 71.8 Å². The predicted octanol–water partition coefficient (Wildman–Crippen LogP) is 6.50. The van der Waals surface area contributed by atoms with Crippen LogP contribution < -0.4 is 0 Å². The lowest BCUT2D eigenvalue weighted by molar-refractivity contribution is -0.119. The number of carbonyl (C=O) groups excluding carboxylic acids is 1. The summed E-state index contributed by atoms with van der Waals surface area (Å²) in [7, 11) is 0. The highest BCUT2D eigenvalue weighted by Crippen LogP contribution is 2.51. The van der Waals surface area contributed by atoms with E-state index in [9.17, 15) is 4.79 Å². The number of rotatable bonds is 10. The number of hydrogen-bond acceptors (Lipinski definition) is 1. The van der Waals surface area contributed by atoms with E-state index in [1.165, 1.54) is 36.8 Å². The van der Waals surface area contributed by atoms with E-state index in [2.05, 4.69) is 60.7 Å². The van der Waals surface area contributed by atoms with Crippen molar-refractivity contribution in [2.45, 2.75) is 63.2 Å². The molecule has 2 aromatic carbocycles. The fourth-order valence-corrected chi connectivity index (χ4v) is 4.60. The van der Waals surface area contributed by atoms with Gasteiger partial charge in [-0.05, 0) is 73.3 Å². The summed E-state index contributed by atoms with van der Waals surface area (Å²) in [6.45, 7) is 0. The SMILES string of the molecule is O=C(CCCC1CC1c1ccccc1)CCCC1CC1c1ccccc1. The molecule has 0 N–H and O–H groups in total. The van der Waals surface area contributed by atoms with E-state index in [0.717, 1.165) is 49.4 Å². The largest absolute Gasteiger partial charge is 0.300 e. The Kier molecular flexibility index (Phi) is 5.53. The van der Waals surface area contributed by atoms with Gasteiger partial charge in [0.25, 0.3) is 0 Å². The third kappa shape index (κ3) is 4.63. The summed E-state index contributed by atoms with van der Waals surface area (Å²) in [4.78, 5) is 12.1. The Hall–Kier alpha value is -1.89. The lowest BCUT2D eigenvalue weighted by Crippen LogP contribution is -1.98. The Labute approximate surface area is 157 Å². The highest BCUT2D eigenvalue weighted by molar-refractivity contribution is 5.78. The number of ketones is 1. The van der Waals surface area contributed by atoms with Crippen LogP contribution in [0.1, 0.15) is 74.3 Å². The molecule has 4 rings (SSSR count). The van der Waals surface area contributed by atoms with Crippen LogP contribution in [-0.2, 0) is 4.79 Å². The van der Waals surface area contributed by atoms with Crippen LogP contribution in [0, 0.1) is 11.8 Å². The first-order chi connectivity index (χ1) is 12.8. The van der Waals surface area contributed by atoms with Crippen LogP contribution in [0.15, 0.2) is 60.7 Å². The van der Waals surface area contributed by atoms with E-state index in [1.54, 1.807) is 0 Å². The summed E-state index contributed by atoms with van der Waals surface area (Å²) >= 11 is 0.